The van der Waals surface area contributed by atoms with E-state index in [-0.39, 0.29) is 22.4 Å². The minimum absolute atomic E-state index is 0.0483. The molecule has 1 saturated heterocycles. The highest BCUT2D eigenvalue weighted by Crippen LogP contribution is 2.43. The summed E-state index contributed by atoms with van der Waals surface area (Å²) in [6, 6.07) is 2.67. The minimum Gasteiger partial charge on any atom is -0.477 e. The van der Waals surface area contributed by atoms with Crippen LogP contribution in [0.15, 0.2) is 35.5 Å². The SMILES string of the molecule is CNc1cc(F)c(F)c2c1[nH]c1ncc(-c3cnc4c(c3)c(=O)c(C(=O)O)cn4C)c(N3CCO[C@H](CN(C)C)C3)c12. The molecule has 1 fully saturated rings. The highest BCUT2D eigenvalue weighted by molar-refractivity contribution is 6.18. The molecular weight excluding hydrogens is 548 g/mol. The topological polar surface area (TPSA) is 129 Å². The first-order valence-electron chi connectivity index (χ1n) is 13.3. The van der Waals surface area contributed by atoms with Gasteiger partial charge in [0, 0.05) is 69.5 Å². The highest BCUT2D eigenvalue weighted by atomic mass is 19.2. The summed E-state index contributed by atoms with van der Waals surface area (Å²) < 4.78 is 38.0. The van der Waals surface area contributed by atoms with E-state index in [0.717, 1.165) is 6.07 Å². The molecule has 0 unspecified atom stereocenters. The smallest absolute Gasteiger partial charge is 0.341 e. The molecule has 1 aliphatic heterocycles. The van der Waals surface area contributed by atoms with E-state index < -0.39 is 23.0 Å². The van der Waals surface area contributed by atoms with Crippen LogP contribution < -0.4 is 15.6 Å². The standard InChI is InChI=1S/C29H29F2N7O4/c1-32-20-8-19(30)23(31)21-22-25(38-5-6-42-15(12-38)11-36(2)3)17(10-33-27(22)35-24(20)21)14-7-16-26(39)18(29(40)41)13-37(4)28(16)34-9-14/h7-10,13,15,32H,5-6,11-12H2,1-4H3,(H,33,35)(H,40,41)/t15-/m1/s1. The molecule has 5 aromatic rings. The Morgan fingerprint density at radius 3 is 2.74 bits per heavy atom. The zero-order valence-corrected chi connectivity index (χ0v) is 23.5. The van der Waals surface area contributed by atoms with Gasteiger partial charge >= 0.3 is 5.97 Å². The minimum atomic E-state index is -1.34. The van der Waals surface area contributed by atoms with Gasteiger partial charge < -0.3 is 34.5 Å². The van der Waals surface area contributed by atoms with Crippen LogP contribution in [-0.2, 0) is 11.8 Å². The number of fused-ring (bicyclic) bond motifs is 4. The number of carbonyl (C=O) groups is 1. The predicted octanol–water partition coefficient (Wildman–Crippen LogP) is 3.41. The summed E-state index contributed by atoms with van der Waals surface area (Å²) >= 11 is 0. The summed E-state index contributed by atoms with van der Waals surface area (Å²) in [5.74, 6) is -3.36. The van der Waals surface area contributed by atoms with Gasteiger partial charge in [-0.25, -0.2) is 23.5 Å². The summed E-state index contributed by atoms with van der Waals surface area (Å²) in [5, 5.41) is 13.0. The van der Waals surface area contributed by atoms with Crippen LogP contribution in [0.4, 0.5) is 20.2 Å². The summed E-state index contributed by atoms with van der Waals surface area (Å²) in [5.41, 5.74) is 1.94. The number of carboxylic acids is 1. The van der Waals surface area contributed by atoms with Gasteiger partial charge in [-0.2, -0.15) is 0 Å². The number of pyridine rings is 3. The second-order valence-corrected chi connectivity index (χ2v) is 10.7. The molecule has 218 valence electrons. The molecule has 4 aromatic heterocycles. The van der Waals surface area contributed by atoms with E-state index in [1.807, 2.05) is 19.0 Å². The average Bonchev–Trinajstić information content (AvgIpc) is 3.35. The Morgan fingerprint density at radius 2 is 2.02 bits per heavy atom. The van der Waals surface area contributed by atoms with Crippen molar-refractivity contribution < 1.29 is 23.4 Å². The number of nitrogens with zero attached hydrogens (tertiary/aromatic N) is 5. The number of aromatic amines is 1. The highest BCUT2D eigenvalue weighted by Gasteiger charge is 2.29. The van der Waals surface area contributed by atoms with E-state index in [1.165, 1.54) is 10.8 Å². The zero-order chi connectivity index (χ0) is 29.9. The van der Waals surface area contributed by atoms with Gasteiger partial charge in [0.1, 0.15) is 16.9 Å². The first kappa shape index (κ1) is 27.5. The largest absolute Gasteiger partial charge is 0.477 e. The summed E-state index contributed by atoms with van der Waals surface area (Å²) in [6.45, 7) is 1.97. The molecular formula is C29H29F2N7O4. The Hall–Kier alpha value is -4.62. The second-order valence-electron chi connectivity index (χ2n) is 10.7. The Balaban J connectivity index is 1.68. The molecule has 0 aliphatic carbocycles. The van der Waals surface area contributed by atoms with Crippen molar-refractivity contribution in [3.8, 4) is 11.1 Å². The fourth-order valence-corrected chi connectivity index (χ4v) is 5.78. The molecule has 0 radical (unpaired) electrons. The number of aromatic carboxylic acids is 1. The van der Waals surface area contributed by atoms with Gasteiger partial charge in [0.2, 0.25) is 5.43 Å². The quantitative estimate of drug-likeness (QED) is 0.278. The van der Waals surface area contributed by atoms with Gasteiger partial charge in [-0.05, 0) is 20.2 Å². The number of morpholine rings is 1. The van der Waals surface area contributed by atoms with Crippen LogP contribution in [0.2, 0.25) is 0 Å². The van der Waals surface area contributed by atoms with Crippen molar-refractivity contribution in [3.05, 3.63) is 58.1 Å². The van der Waals surface area contributed by atoms with Crippen LogP contribution >= 0.6 is 0 Å². The fourth-order valence-electron chi connectivity index (χ4n) is 5.78. The van der Waals surface area contributed by atoms with Crippen LogP contribution in [0.1, 0.15) is 10.4 Å². The van der Waals surface area contributed by atoms with Crippen LogP contribution in [0.5, 0.6) is 0 Å². The van der Waals surface area contributed by atoms with Crippen molar-refractivity contribution in [2.24, 2.45) is 7.05 Å². The number of carboxylic acid groups (broad SMARTS) is 1. The van der Waals surface area contributed by atoms with Crippen molar-refractivity contribution in [1.29, 1.82) is 0 Å². The number of likely N-dealkylation sites (N-methyl/N-ethyl adjacent to an activating group) is 1. The van der Waals surface area contributed by atoms with Crippen molar-refractivity contribution in [2.75, 3.05) is 57.6 Å². The summed E-state index contributed by atoms with van der Waals surface area (Å²) in [6.07, 6.45) is 4.24. The van der Waals surface area contributed by atoms with Crippen LogP contribution in [0, 0.1) is 11.6 Å². The number of benzene rings is 1. The van der Waals surface area contributed by atoms with E-state index in [1.54, 1.807) is 32.6 Å². The molecule has 42 heavy (non-hydrogen) atoms. The molecule has 1 aliphatic rings. The van der Waals surface area contributed by atoms with Crippen molar-refractivity contribution in [3.63, 3.8) is 0 Å². The second kappa shape index (κ2) is 10.3. The number of ether oxygens (including phenoxy) is 1. The monoisotopic (exact) mass is 577 g/mol. The number of aromatic nitrogens is 4. The number of rotatable bonds is 6. The van der Waals surface area contributed by atoms with E-state index in [4.69, 9.17) is 4.74 Å². The van der Waals surface area contributed by atoms with Crippen molar-refractivity contribution >= 4 is 50.3 Å². The lowest BCUT2D eigenvalue weighted by atomic mass is 10.00. The molecule has 0 saturated carbocycles. The lowest BCUT2D eigenvalue weighted by Gasteiger charge is -2.37. The van der Waals surface area contributed by atoms with Gasteiger partial charge in [0.25, 0.3) is 0 Å². The third-order valence-electron chi connectivity index (χ3n) is 7.61. The first-order valence-corrected chi connectivity index (χ1v) is 13.3. The normalized spacial score (nSPS) is 15.8. The maximum absolute atomic E-state index is 15.6. The molecule has 6 rings (SSSR count). The number of halogens is 2. The van der Waals surface area contributed by atoms with E-state index in [2.05, 4.69) is 25.2 Å². The summed E-state index contributed by atoms with van der Waals surface area (Å²) in [7, 11) is 7.13. The average molecular weight is 578 g/mol. The maximum atomic E-state index is 15.6. The molecule has 5 heterocycles. The number of anilines is 2. The number of nitrogens with one attached hydrogen (secondary N) is 2. The summed E-state index contributed by atoms with van der Waals surface area (Å²) in [4.78, 5) is 41.2. The van der Waals surface area contributed by atoms with E-state index >= 15 is 4.39 Å². The number of aryl methyl sites for hydroxylation is 1. The number of hydrogen-bond donors (Lipinski definition) is 3. The number of hydrogen-bond acceptors (Lipinski definition) is 8. The number of H-pyrrole nitrogens is 1. The van der Waals surface area contributed by atoms with Crippen LogP contribution in [0.25, 0.3) is 44.1 Å². The van der Waals surface area contributed by atoms with Gasteiger partial charge in [-0.3, -0.25) is 4.79 Å². The van der Waals surface area contributed by atoms with Gasteiger partial charge in [0.05, 0.1) is 45.8 Å². The molecule has 0 bridgehead atoms. The molecule has 3 N–H and O–H groups in total. The lowest BCUT2D eigenvalue weighted by molar-refractivity contribution is 0.0249. The zero-order valence-electron chi connectivity index (χ0n) is 23.5. The molecule has 1 aromatic carbocycles. The molecule has 0 amide bonds. The van der Waals surface area contributed by atoms with Crippen LogP contribution in [-0.4, -0.2) is 89.0 Å². The van der Waals surface area contributed by atoms with Gasteiger partial charge in [-0.1, -0.05) is 0 Å². The van der Waals surface area contributed by atoms with E-state index in [0.29, 0.717) is 70.9 Å². The van der Waals surface area contributed by atoms with Crippen molar-refractivity contribution in [2.45, 2.75) is 6.10 Å². The van der Waals surface area contributed by atoms with E-state index in [9.17, 15) is 19.1 Å². The molecule has 11 nitrogen and oxygen atoms in total. The molecule has 1 atom stereocenters. The van der Waals surface area contributed by atoms with Crippen molar-refractivity contribution in [1.82, 2.24) is 24.4 Å². The van der Waals surface area contributed by atoms with Gasteiger partial charge in [-0.15, -0.1) is 0 Å². The lowest BCUT2D eigenvalue weighted by Crippen LogP contribution is -2.46. The van der Waals surface area contributed by atoms with Gasteiger partial charge in [0.15, 0.2) is 11.6 Å². The third kappa shape index (κ3) is 4.41. The van der Waals surface area contributed by atoms with Crippen LogP contribution in [0.3, 0.4) is 0 Å². The first-order chi connectivity index (χ1) is 20.1. The Kier molecular flexibility index (Phi) is 6.78. The fraction of sp³-hybridized carbons (Fsp3) is 0.310. The molecule has 0 spiro atoms. The Bertz CT molecular complexity index is 1950. The Morgan fingerprint density at radius 1 is 1.24 bits per heavy atom. The molecule has 13 heteroatoms. The third-order valence-corrected chi connectivity index (χ3v) is 7.61. The predicted molar refractivity (Wildman–Crippen MR) is 157 cm³/mol. The maximum Gasteiger partial charge on any atom is 0.341 e. The Labute approximate surface area is 238 Å².